The van der Waals surface area contributed by atoms with Gasteiger partial charge >= 0.3 is 21.7 Å². The first-order valence-corrected chi connectivity index (χ1v) is 26.0. The van der Waals surface area contributed by atoms with E-state index in [2.05, 4.69) is 58.8 Å². The van der Waals surface area contributed by atoms with Crippen LogP contribution in [0.2, 0.25) is 0 Å². The van der Waals surface area contributed by atoms with Crippen molar-refractivity contribution in [1.29, 1.82) is 10.5 Å². The molecule has 11 rings (SSSR count). The molecule has 70 heavy (non-hydrogen) atoms. The Labute approximate surface area is 431 Å². The Kier molecular flexibility index (Phi) is 16.6. The number of hydrogen-bond donors (Lipinski definition) is 3. The van der Waals surface area contributed by atoms with E-state index in [1.807, 2.05) is 60.7 Å². The van der Waals surface area contributed by atoms with Crippen molar-refractivity contribution < 1.29 is 36.4 Å². The topological polar surface area (TPSA) is 165 Å². The predicted octanol–water partition coefficient (Wildman–Crippen LogP) is 11.4. The molecule has 3 heterocycles. The Balaban J connectivity index is 0.000000137. The van der Waals surface area contributed by atoms with Crippen molar-refractivity contribution in [3.05, 3.63) is 152 Å². The van der Waals surface area contributed by atoms with Gasteiger partial charge in [0.05, 0.1) is 53.9 Å². The molecule has 3 N–H and O–H groups in total. The molecular formula is C47H35BBr3F6N5O5S3. The van der Waals surface area contributed by atoms with Crippen LogP contribution in [-0.2, 0) is 13.1 Å². The van der Waals surface area contributed by atoms with E-state index in [1.165, 1.54) is 32.6 Å². The number of nitrogens with zero attached hydrogens (tertiary/aromatic N) is 4. The van der Waals surface area contributed by atoms with Crippen molar-refractivity contribution in [2.45, 2.75) is 50.1 Å². The second-order valence-corrected chi connectivity index (χ2v) is 21.8. The van der Waals surface area contributed by atoms with Crippen LogP contribution in [0.3, 0.4) is 0 Å². The van der Waals surface area contributed by atoms with E-state index in [4.69, 9.17) is 15.3 Å². The fourth-order valence-corrected chi connectivity index (χ4v) is 11.4. The molecule has 0 spiro atoms. The quantitative estimate of drug-likeness (QED) is 0.0812. The fourth-order valence-electron chi connectivity index (χ4n) is 7.01. The van der Waals surface area contributed by atoms with Crippen molar-refractivity contribution in [1.82, 2.24) is 14.1 Å². The molecule has 3 aromatic heterocycles. The third kappa shape index (κ3) is 13.0. The second-order valence-electron chi connectivity index (χ2n) is 16.3. The van der Waals surface area contributed by atoms with Gasteiger partial charge in [0, 0.05) is 64.4 Å². The summed E-state index contributed by atoms with van der Waals surface area (Å²) in [5.41, 5.74) is 5.05. The third-order valence-corrected chi connectivity index (χ3v) is 15.8. The van der Waals surface area contributed by atoms with Gasteiger partial charge in [-0.2, -0.15) is 10.5 Å². The van der Waals surface area contributed by atoms with Crippen LogP contribution in [0.5, 0.6) is 0 Å². The number of alkyl halides is 7. The molecule has 3 unspecified atom stereocenters. The van der Waals surface area contributed by atoms with E-state index in [9.17, 15) is 46.0 Å². The van der Waals surface area contributed by atoms with Crippen LogP contribution < -0.4 is 20.1 Å². The molecule has 0 saturated heterocycles. The highest BCUT2D eigenvalue weighted by Gasteiger charge is 2.58. The molecule has 0 bridgehead atoms. The van der Waals surface area contributed by atoms with Gasteiger partial charge in [-0.15, -0.1) is 0 Å². The number of fused-ring (bicyclic) bond motifs is 3. The second kappa shape index (κ2) is 21.9. The summed E-state index contributed by atoms with van der Waals surface area (Å²) >= 11 is 13.0. The molecule has 0 aliphatic heterocycles. The molecule has 23 heteroatoms. The highest BCUT2D eigenvalue weighted by atomic mass is 79.9. The normalized spacial score (nSPS) is 18.3. The zero-order chi connectivity index (χ0) is 50.7. The zero-order valence-electron chi connectivity index (χ0n) is 35.9. The number of thiazole rings is 3. The lowest BCUT2D eigenvalue weighted by molar-refractivity contribution is 0.0946. The summed E-state index contributed by atoms with van der Waals surface area (Å²) in [6, 6.07) is 34.2. The maximum atomic E-state index is 13.1. The van der Waals surface area contributed by atoms with Gasteiger partial charge in [-0.3, -0.25) is 23.5 Å². The molecule has 3 aliphatic carbocycles. The molecule has 3 saturated carbocycles. The highest BCUT2D eigenvalue weighted by Crippen LogP contribution is 2.51. The SMILES string of the molecule is FC1(F)CC1CBr.N#Cc1ccccc1-c1ccc2c(c1)sc(=O)n2CC1CC1(F)F.N#Cc1ccccc1B(O)O.O=c1[nH]c2ccc(Br)cc2s1.O=c1sc2cc(Br)ccc2n1CC1CC1(F)F. The van der Waals surface area contributed by atoms with Gasteiger partial charge in [0.15, 0.2) is 0 Å². The summed E-state index contributed by atoms with van der Waals surface area (Å²) < 4.78 is 82.9. The highest BCUT2D eigenvalue weighted by molar-refractivity contribution is 9.10. The monoisotopic (exact) mass is 1210 g/mol. The first-order valence-electron chi connectivity index (χ1n) is 20.9. The average molecular weight is 1210 g/mol. The summed E-state index contributed by atoms with van der Waals surface area (Å²) in [5.74, 6) is -9.34. The summed E-state index contributed by atoms with van der Waals surface area (Å²) in [7, 11) is -1.56. The van der Waals surface area contributed by atoms with Crippen LogP contribution in [0.1, 0.15) is 30.4 Å². The number of rotatable bonds is 7. The van der Waals surface area contributed by atoms with Crippen LogP contribution in [0, 0.1) is 40.4 Å². The summed E-state index contributed by atoms with van der Waals surface area (Å²) in [6.07, 6.45) is -0.171. The Morgan fingerprint density at radius 1 is 0.643 bits per heavy atom. The van der Waals surface area contributed by atoms with Gasteiger partial charge < -0.3 is 15.0 Å². The van der Waals surface area contributed by atoms with Crippen molar-refractivity contribution in [2.75, 3.05) is 5.33 Å². The lowest BCUT2D eigenvalue weighted by Gasteiger charge is -2.06. The number of H-pyrrole nitrogens is 1. The molecular weight excluding hydrogens is 1180 g/mol. The van der Waals surface area contributed by atoms with Gasteiger partial charge in [-0.1, -0.05) is 124 Å². The van der Waals surface area contributed by atoms with E-state index in [1.54, 1.807) is 36.4 Å². The summed E-state index contributed by atoms with van der Waals surface area (Å²) in [6.45, 7) is 0.174. The lowest BCUT2D eigenvalue weighted by Crippen LogP contribution is -2.31. The minimum Gasteiger partial charge on any atom is -0.423 e. The standard InChI is InChI=1S/C18H12F2N2OS.C11H8BrF2NOS.C7H6BNO2.C7H4BrNOS.C4H5BrF2/c19-18(20)8-13(18)10-22-15-6-5-11(7-16(15)24-17(22)23)14-4-2-1-3-12(14)9-21;12-7-1-2-8-9(3-7)17-10(16)15(8)5-6-4-11(6,13)14;9-5-6-3-1-2-4-7(6)8(10)11;8-4-1-2-5-6(3-4)11-7(10)9-5;5-2-3-1-4(3,6)7/h1-7,13H,8,10H2;1-3,6H,4-5H2;1-4,10-11H;1-3H,(H,9,10);3H,1-2H2. The van der Waals surface area contributed by atoms with Gasteiger partial charge in [-0.25, -0.2) is 26.3 Å². The molecule has 10 nitrogen and oxygen atoms in total. The van der Waals surface area contributed by atoms with Gasteiger partial charge in [0.1, 0.15) is 0 Å². The van der Waals surface area contributed by atoms with E-state index in [-0.39, 0.29) is 58.4 Å². The molecule has 3 atom stereocenters. The number of nitriles is 2. The maximum absolute atomic E-state index is 13.1. The lowest BCUT2D eigenvalue weighted by atomic mass is 9.77. The zero-order valence-corrected chi connectivity index (χ0v) is 43.1. The van der Waals surface area contributed by atoms with Crippen molar-refractivity contribution in [3.63, 3.8) is 0 Å². The molecule has 0 radical (unpaired) electrons. The first-order chi connectivity index (χ1) is 33.1. The van der Waals surface area contributed by atoms with Gasteiger partial charge in [0.2, 0.25) is 0 Å². The van der Waals surface area contributed by atoms with Crippen LogP contribution in [0.25, 0.3) is 41.8 Å². The number of hydrogen-bond acceptors (Lipinski definition) is 10. The minimum atomic E-state index is -2.64. The number of halogens is 9. The number of benzene rings is 5. The molecule has 0 amide bonds. The number of aromatic amines is 1. The van der Waals surface area contributed by atoms with E-state index in [0.29, 0.717) is 22.0 Å². The molecule has 362 valence electrons. The van der Waals surface area contributed by atoms with Crippen LogP contribution in [0.15, 0.2) is 126 Å². The Morgan fingerprint density at radius 2 is 1.11 bits per heavy atom. The van der Waals surface area contributed by atoms with Crippen molar-refractivity contribution in [2.24, 2.45) is 17.8 Å². The molecule has 5 aromatic carbocycles. The van der Waals surface area contributed by atoms with Crippen LogP contribution in [0.4, 0.5) is 26.3 Å². The van der Waals surface area contributed by atoms with Gasteiger partial charge in [0.25, 0.3) is 17.8 Å². The minimum absolute atomic E-state index is 0.00176. The van der Waals surface area contributed by atoms with Gasteiger partial charge in [-0.05, 0) is 77.3 Å². The fraction of sp³-hybridized carbons (Fsp3) is 0.255. The predicted molar refractivity (Wildman–Crippen MR) is 274 cm³/mol. The maximum Gasteiger partial charge on any atom is 0.489 e. The summed E-state index contributed by atoms with van der Waals surface area (Å²) in [5, 5.41) is 35.6. The summed E-state index contributed by atoms with van der Waals surface area (Å²) in [4.78, 5) is 37.1. The Bertz CT molecular complexity index is 3470. The third-order valence-electron chi connectivity index (χ3n) is 11.3. The number of aromatic nitrogens is 3. The Hall–Kier alpha value is -4.85. The van der Waals surface area contributed by atoms with E-state index in [0.717, 1.165) is 67.9 Å². The van der Waals surface area contributed by atoms with E-state index < -0.39 is 36.7 Å². The van der Waals surface area contributed by atoms with Crippen LogP contribution >= 0.6 is 81.8 Å². The number of nitrogens with one attached hydrogen (secondary N) is 1. The van der Waals surface area contributed by atoms with Crippen molar-refractivity contribution in [3.8, 4) is 23.3 Å². The largest absolute Gasteiger partial charge is 0.489 e. The molecule has 8 aromatic rings. The van der Waals surface area contributed by atoms with E-state index >= 15 is 0 Å². The molecule has 3 aliphatic rings. The first kappa shape index (κ1) is 53.0. The Morgan fingerprint density at radius 3 is 1.60 bits per heavy atom. The molecule has 3 fully saturated rings. The smallest absolute Gasteiger partial charge is 0.423 e. The average Bonchev–Trinajstić information content (AvgIpc) is 4.15. The van der Waals surface area contributed by atoms with Crippen molar-refractivity contribution >= 4 is 125 Å². The van der Waals surface area contributed by atoms with Crippen LogP contribution in [-0.4, -0.2) is 54.4 Å².